The number of nitrogens with zero attached hydrogens (tertiary/aromatic N) is 1. The second-order valence-corrected chi connectivity index (χ2v) is 6.75. The van der Waals surface area contributed by atoms with Crippen molar-refractivity contribution in [2.24, 2.45) is 0 Å². The summed E-state index contributed by atoms with van der Waals surface area (Å²) in [5.41, 5.74) is 0.272. The summed E-state index contributed by atoms with van der Waals surface area (Å²) in [5.74, 6) is -2.01. The van der Waals surface area contributed by atoms with Crippen molar-refractivity contribution in [2.45, 2.75) is 32.2 Å². The molecule has 1 atom stereocenters. The molecule has 1 aliphatic heterocycles. The van der Waals surface area contributed by atoms with Gasteiger partial charge in [-0.3, -0.25) is 9.69 Å². The Morgan fingerprint density at radius 1 is 1.48 bits per heavy atom. The minimum atomic E-state index is -1.08. The second kappa shape index (κ2) is 7.70. The van der Waals surface area contributed by atoms with Crippen molar-refractivity contribution in [2.75, 3.05) is 0 Å². The maximum Gasteiger partial charge on any atom is 0.326 e. The van der Waals surface area contributed by atoms with Gasteiger partial charge in [0.05, 0.1) is 4.91 Å². The highest BCUT2D eigenvalue weighted by molar-refractivity contribution is 8.26. The highest BCUT2D eigenvalue weighted by atomic mass is 32.2. The average molecular weight is 353 g/mol. The Balaban J connectivity index is 2.29. The summed E-state index contributed by atoms with van der Waals surface area (Å²) >= 11 is 6.16. The van der Waals surface area contributed by atoms with Crippen molar-refractivity contribution in [1.82, 2.24) is 4.90 Å². The minimum absolute atomic E-state index is 0.195. The van der Waals surface area contributed by atoms with Gasteiger partial charge < -0.3 is 5.11 Å². The zero-order chi connectivity index (χ0) is 17.0. The number of rotatable bonds is 6. The van der Waals surface area contributed by atoms with Crippen molar-refractivity contribution < 1.29 is 19.1 Å². The lowest BCUT2D eigenvalue weighted by atomic mass is 10.1. The molecule has 1 saturated heterocycles. The number of benzene rings is 1. The summed E-state index contributed by atoms with van der Waals surface area (Å²) in [6, 6.07) is 5.09. The van der Waals surface area contributed by atoms with Crippen LogP contribution in [0.4, 0.5) is 4.39 Å². The molecule has 1 aliphatic rings. The molecule has 0 spiro atoms. The Labute approximate surface area is 143 Å². The molecule has 1 amide bonds. The number of carboxylic acids is 1. The monoisotopic (exact) mass is 353 g/mol. The zero-order valence-electron chi connectivity index (χ0n) is 12.5. The molecule has 7 heteroatoms. The number of thioether (sulfide) groups is 1. The predicted octanol–water partition coefficient (Wildman–Crippen LogP) is 3.67. The van der Waals surface area contributed by atoms with Crippen LogP contribution in [-0.2, 0) is 9.59 Å². The third-order valence-corrected chi connectivity index (χ3v) is 4.77. The Morgan fingerprint density at radius 3 is 2.78 bits per heavy atom. The van der Waals surface area contributed by atoms with E-state index in [4.69, 9.17) is 12.2 Å². The Hall–Kier alpha value is -1.73. The first-order valence-corrected chi connectivity index (χ1v) is 8.42. The molecule has 1 aromatic rings. The lowest BCUT2D eigenvalue weighted by Crippen LogP contribution is -2.43. The Bertz CT molecular complexity index is 675. The molecular formula is C16H16FNO3S2. The topological polar surface area (TPSA) is 57.6 Å². The van der Waals surface area contributed by atoms with Gasteiger partial charge in [-0.05, 0) is 18.6 Å². The molecule has 1 heterocycles. The predicted molar refractivity (Wildman–Crippen MR) is 92.4 cm³/mol. The van der Waals surface area contributed by atoms with Gasteiger partial charge in [0.2, 0.25) is 0 Å². The third-order valence-electron chi connectivity index (χ3n) is 3.44. The van der Waals surface area contributed by atoms with Gasteiger partial charge in [-0.25, -0.2) is 9.18 Å². The largest absolute Gasteiger partial charge is 0.480 e. The molecule has 1 aromatic carbocycles. The third kappa shape index (κ3) is 3.97. The lowest BCUT2D eigenvalue weighted by molar-refractivity contribution is -0.145. The van der Waals surface area contributed by atoms with Gasteiger partial charge in [-0.1, -0.05) is 61.9 Å². The van der Waals surface area contributed by atoms with E-state index in [9.17, 15) is 19.1 Å². The molecule has 1 N–H and O–H groups in total. The van der Waals surface area contributed by atoms with Gasteiger partial charge in [0.15, 0.2) is 0 Å². The van der Waals surface area contributed by atoms with E-state index in [2.05, 4.69) is 0 Å². The van der Waals surface area contributed by atoms with Crippen molar-refractivity contribution in [3.63, 3.8) is 0 Å². The zero-order valence-corrected chi connectivity index (χ0v) is 14.1. The van der Waals surface area contributed by atoms with Crippen molar-refractivity contribution in [3.8, 4) is 0 Å². The van der Waals surface area contributed by atoms with Crippen LogP contribution in [-0.4, -0.2) is 32.2 Å². The van der Waals surface area contributed by atoms with Crippen LogP contribution in [0.5, 0.6) is 0 Å². The van der Waals surface area contributed by atoms with E-state index in [1.807, 2.05) is 6.92 Å². The average Bonchev–Trinajstić information content (AvgIpc) is 2.77. The van der Waals surface area contributed by atoms with Gasteiger partial charge in [-0.15, -0.1) is 0 Å². The SMILES string of the molecule is CCCC[C@@H](C(=O)O)N1C(=O)/C(=C/c2ccccc2F)SC1=S. The number of aliphatic carboxylic acids is 1. The molecule has 0 bridgehead atoms. The normalized spacial score (nSPS) is 17.8. The molecule has 4 nitrogen and oxygen atoms in total. The highest BCUT2D eigenvalue weighted by Gasteiger charge is 2.40. The number of unbranched alkanes of at least 4 members (excludes halogenated alkanes) is 1. The van der Waals surface area contributed by atoms with Gasteiger partial charge in [0.1, 0.15) is 16.2 Å². The maximum atomic E-state index is 13.7. The van der Waals surface area contributed by atoms with E-state index in [0.29, 0.717) is 12.8 Å². The van der Waals surface area contributed by atoms with Gasteiger partial charge in [0, 0.05) is 5.56 Å². The number of thiocarbonyl (C=S) groups is 1. The van der Waals surface area contributed by atoms with Crippen LogP contribution in [0, 0.1) is 5.82 Å². The maximum absolute atomic E-state index is 13.7. The standard InChI is InChI=1S/C16H16FNO3S2/c1-2-3-8-12(15(20)21)18-14(19)13(23-16(18)22)9-10-6-4-5-7-11(10)17/h4-7,9,12H,2-3,8H2,1H3,(H,20,21)/b13-9-/t12-/m0/s1. The summed E-state index contributed by atoms with van der Waals surface area (Å²) in [4.78, 5) is 25.3. The Morgan fingerprint density at radius 2 is 2.17 bits per heavy atom. The van der Waals surface area contributed by atoms with Gasteiger partial charge in [0.25, 0.3) is 5.91 Å². The van der Waals surface area contributed by atoms with E-state index in [1.165, 1.54) is 12.1 Å². The molecule has 23 heavy (non-hydrogen) atoms. The van der Waals surface area contributed by atoms with E-state index in [0.717, 1.165) is 23.1 Å². The first-order valence-electron chi connectivity index (χ1n) is 7.20. The molecule has 122 valence electrons. The summed E-state index contributed by atoms with van der Waals surface area (Å²) < 4.78 is 13.9. The molecule has 2 rings (SSSR count). The van der Waals surface area contributed by atoms with Crippen LogP contribution in [0.3, 0.4) is 0 Å². The number of carboxylic acid groups (broad SMARTS) is 1. The summed E-state index contributed by atoms with van der Waals surface area (Å²) in [6.45, 7) is 1.95. The van der Waals surface area contributed by atoms with Crippen LogP contribution < -0.4 is 0 Å². The number of halogens is 1. The second-order valence-electron chi connectivity index (χ2n) is 5.07. The van der Waals surface area contributed by atoms with Crippen LogP contribution in [0.2, 0.25) is 0 Å². The first-order chi connectivity index (χ1) is 11.0. The van der Waals surface area contributed by atoms with E-state index >= 15 is 0 Å². The van der Waals surface area contributed by atoms with Gasteiger partial charge in [-0.2, -0.15) is 0 Å². The van der Waals surface area contributed by atoms with Crippen molar-refractivity contribution in [1.29, 1.82) is 0 Å². The van der Waals surface area contributed by atoms with E-state index in [-0.39, 0.29) is 14.8 Å². The Kier molecular flexibility index (Phi) is 5.90. The number of carbonyl (C=O) groups excluding carboxylic acids is 1. The molecule has 0 saturated carbocycles. The summed E-state index contributed by atoms with van der Waals surface area (Å²) in [6.07, 6.45) is 3.25. The molecule has 0 aromatic heterocycles. The quantitative estimate of drug-likeness (QED) is 0.625. The van der Waals surface area contributed by atoms with Crippen LogP contribution in [0.25, 0.3) is 6.08 Å². The molecule has 0 unspecified atom stereocenters. The fraction of sp³-hybridized carbons (Fsp3) is 0.312. The molecule has 0 radical (unpaired) electrons. The van der Waals surface area contributed by atoms with Crippen molar-refractivity contribution in [3.05, 3.63) is 40.6 Å². The lowest BCUT2D eigenvalue weighted by Gasteiger charge is -2.22. The number of amides is 1. The highest BCUT2D eigenvalue weighted by Crippen LogP contribution is 2.35. The van der Waals surface area contributed by atoms with Crippen molar-refractivity contribution >= 4 is 46.3 Å². The van der Waals surface area contributed by atoms with Crippen LogP contribution >= 0.6 is 24.0 Å². The smallest absolute Gasteiger partial charge is 0.326 e. The van der Waals surface area contributed by atoms with Gasteiger partial charge >= 0.3 is 5.97 Å². The molecular weight excluding hydrogens is 337 g/mol. The first kappa shape index (κ1) is 17.6. The van der Waals surface area contributed by atoms with Crippen LogP contribution in [0.15, 0.2) is 29.2 Å². The fourth-order valence-corrected chi connectivity index (χ4v) is 3.59. The number of hydrogen-bond acceptors (Lipinski definition) is 4. The number of hydrogen-bond donors (Lipinski definition) is 1. The summed E-state index contributed by atoms with van der Waals surface area (Å²) in [7, 11) is 0. The fourth-order valence-electron chi connectivity index (χ4n) is 2.24. The van der Waals surface area contributed by atoms with E-state index < -0.39 is 23.7 Å². The molecule has 1 fully saturated rings. The minimum Gasteiger partial charge on any atom is -0.480 e. The van der Waals surface area contributed by atoms with Crippen LogP contribution in [0.1, 0.15) is 31.7 Å². The summed E-state index contributed by atoms with van der Waals surface area (Å²) in [5, 5.41) is 9.37. The molecule has 0 aliphatic carbocycles. The number of carbonyl (C=O) groups is 2. The van der Waals surface area contributed by atoms with E-state index in [1.54, 1.807) is 18.2 Å².